The van der Waals surface area contributed by atoms with Crippen LogP contribution in [0, 0.1) is 0 Å². The van der Waals surface area contributed by atoms with Gasteiger partial charge in [0.1, 0.15) is 6.10 Å². The molecule has 7 nitrogen and oxygen atoms in total. The standard InChI is InChI=1S/C17H14BrN5O2/c18-14-7-4-8-19-16(14)25-13-10-22(11-13)17(24)15-9-20-23(21-15)12-5-2-1-3-6-12/h1-9,13H,10-11H2. The predicted molar refractivity (Wildman–Crippen MR) is 93.6 cm³/mol. The molecule has 1 aliphatic heterocycles. The Kier molecular flexibility index (Phi) is 4.19. The van der Waals surface area contributed by atoms with E-state index in [1.54, 1.807) is 11.1 Å². The first kappa shape index (κ1) is 15.8. The molecule has 0 unspecified atom stereocenters. The summed E-state index contributed by atoms with van der Waals surface area (Å²) in [6.45, 7) is 1.00. The molecule has 3 aromatic rings. The fourth-order valence-corrected chi connectivity index (χ4v) is 2.85. The maximum absolute atomic E-state index is 12.5. The lowest BCUT2D eigenvalue weighted by atomic mass is 10.1. The maximum atomic E-state index is 12.5. The number of carbonyl (C=O) groups is 1. The molecule has 0 aliphatic carbocycles. The third kappa shape index (κ3) is 3.25. The minimum atomic E-state index is -0.151. The third-order valence-electron chi connectivity index (χ3n) is 3.84. The zero-order valence-electron chi connectivity index (χ0n) is 13.1. The topological polar surface area (TPSA) is 73.1 Å². The number of benzene rings is 1. The Balaban J connectivity index is 1.37. The van der Waals surface area contributed by atoms with Crippen LogP contribution in [0.5, 0.6) is 5.88 Å². The molecule has 0 N–H and O–H groups in total. The maximum Gasteiger partial charge on any atom is 0.276 e. The second kappa shape index (κ2) is 6.64. The van der Waals surface area contributed by atoms with Crippen LogP contribution in [0.3, 0.4) is 0 Å². The van der Waals surface area contributed by atoms with Crippen LogP contribution < -0.4 is 4.74 Å². The molecule has 8 heteroatoms. The highest BCUT2D eigenvalue weighted by atomic mass is 79.9. The average molecular weight is 400 g/mol. The number of para-hydroxylation sites is 1. The minimum Gasteiger partial charge on any atom is -0.470 e. The van der Waals surface area contributed by atoms with Crippen LogP contribution in [0.4, 0.5) is 0 Å². The van der Waals surface area contributed by atoms with Gasteiger partial charge >= 0.3 is 0 Å². The third-order valence-corrected chi connectivity index (χ3v) is 4.44. The number of likely N-dealkylation sites (tertiary alicyclic amines) is 1. The fourth-order valence-electron chi connectivity index (χ4n) is 2.50. The Morgan fingerprint density at radius 3 is 2.72 bits per heavy atom. The van der Waals surface area contributed by atoms with E-state index in [0.717, 1.165) is 10.2 Å². The molecule has 1 amide bonds. The van der Waals surface area contributed by atoms with Crippen molar-refractivity contribution in [2.24, 2.45) is 0 Å². The van der Waals surface area contributed by atoms with Crippen molar-refractivity contribution in [2.45, 2.75) is 6.10 Å². The summed E-state index contributed by atoms with van der Waals surface area (Å²) in [5, 5.41) is 8.42. The number of hydrogen-bond acceptors (Lipinski definition) is 5. The number of ether oxygens (including phenoxy) is 1. The molecule has 25 heavy (non-hydrogen) atoms. The van der Waals surface area contributed by atoms with Crippen molar-refractivity contribution in [3.05, 3.63) is 65.0 Å². The van der Waals surface area contributed by atoms with Crippen molar-refractivity contribution in [1.82, 2.24) is 24.9 Å². The summed E-state index contributed by atoms with van der Waals surface area (Å²) >= 11 is 3.39. The van der Waals surface area contributed by atoms with E-state index in [0.29, 0.717) is 24.7 Å². The fraction of sp³-hybridized carbons (Fsp3) is 0.176. The number of halogens is 1. The molecule has 1 aliphatic rings. The first-order valence-corrected chi connectivity index (χ1v) is 8.54. The van der Waals surface area contributed by atoms with Gasteiger partial charge in [0.15, 0.2) is 5.69 Å². The van der Waals surface area contributed by atoms with Crippen LogP contribution in [-0.4, -0.2) is 50.0 Å². The van der Waals surface area contributed by atoms with Gasteiger partial charge in [0.25, 0.3) is 5.91 Å². The molecule has 1 saturated heterocycles. The average Bonchev–Trinajstić information content (AvgIpc) is 3.09. The van der Waals surface area contributed by atoms with Gasteiger partial charge in [-0.15, -0.1) is 5.10 Å². The molecule has 0 bridgehead atoms. The lowest BCUT2D eigenvalue weighted by Crippen LogP contribution is -2.56. The first-order valence-electron chi connectivity index (χ1n) is 7.75. The summed E-state index contributed by atoms with van der Waals surface area (Å²) in [5.74, 6) is 0.386. The first-order chi connectivity index (χ1) is 12.2. The number of carbonyl (C=O) groups excluding carboxylic acids is 1. The number of aromatic nitrogens is 4. The van der Waals surface area contributed by atoms with Crippen LogP contribution in [0.2, 0.25) is 0 Å². The highest BCUT2D eigenvalue weighted by molar-refractivity contribution is 9.10. The van der Waals surface area contributed by atoms with Crippen LogP contribution in [0.25, 0.3) is 5.69 Å². The Hall–Kier alpha value is -2.74. The van der Waals surface area contributed by atoms with Crippen molar-refractivity contribution < 1.29 is 9.53 Å². The summed E-state index contributed by atoms with van der Waals surface area (Å²) in [6, 6.07) is 13.2. The molecule has 4 rings (SSSR count). The molecule has 1 fully saturated rings. The van der Waals surface area contributed by atoms with E-state index < -0.39 is 0 Å². The van der Waals surface area contributed by atoms with Crippen LogP contribution in [0.15, 0.2) is 59.3 Å². The van der Waals surface area contributed by atoms with Crippen molar-refractivity contribution in [3.63, 3.8) is 0 Å². The smallest absolute Gasteiger partial charge is 0.276 e. The van der Waals surface area contributed by atoms with Crippen molar-refractivity contribution in [2.75, 3.05) is 13.1 Å². The summed E-state index contributed by atoms with van der Waals surface area (Å²) in [4.78, 5) is 19.8. The van der Waals surface area contributed by atoms with Gasteiger partial charge in [-0.1, -0.05) is 18.2 Å². The van der Waals surface area contributed by atoms with E-state index >= 15 is 0 Å². The molecule has 0 radical (unpaired) electrons. The molecule has 126 valence electrons. The quantitative estimate of drug-likeness (QED) is 0.672. The van der Waals surface area contributed by atoms with Gasteiger partial charge < -0.3 is 9.64 Å². The van der Waals surface area contributed by atoms with Crippen molar-refractivity contribution >= 4 is 21.8 Å². The minimum absolute atomic E-state index is 0.0701. The van der Waals surface area contributed by atoms with E-state index in [1.807, 2.05) is 42.5 Å². The molecular weight excluding hydrogens is 386 g/mol. The van der Waals surface area contributed by atoms with Crippen LogP contribution in [-0.2, 0) is 0 Å². The van der Waals surface area contributed by atoms with Crippen molar-refractivity contribution in [1.29, 1.82) is 0 Å². The second-order valence-electron chi connectivity index (χ2n) is 5.60. The van der Waals surface area contributed by atoms with Gasteiger partial charge in [-0.05, 0) is 40.2 Å². The van der Waals surface area contributed by atoms with E-state index in [2.05, 4.69) is 31.1 Å². The van der Waals surface area contributed by atoms with Crippen LogP contribution in [0.1, 0.15) is 10.5 Å². The summed E-state index contributed by atoms with van der Waals surface area (Å²) in [6.07, 6.45) is 3.09. The SMILES string of the molecule is O=C(c1cnn(-c2ccccc2)n1)N1CC(Oc2ncccc2Br)C1. The molecule has 0 saturated carbocycles. The normalized spacial score (nSPS) is 14.2. The van der Waals surface area contributed by atoms with Gasteiger partial charge in [0, 0.05) is 6.20 Å². The monoisotopic (exact) mass is 399 g/mol. The lowest BCUT2D eigenvalue weighted by Gasteiger charge is -2.38. The number of rotatable bonds is 4. The number of nitrogens with zero attached hydrogens (tertiary/aromatic N) is 5. The summed E-state index contributed by atoms with van der Waals surface area (Å²) in [7, 11) is 0. The van der Waals surface area contributed by atoms with Gasteiger partial charge in [-0.3, -0.25) is 4.79 Å². The van der Waals surface area contributed by atoms with E-state index in [4.69, 9.17) is 4.74 Å². The Labute approximate surface area is 152 Å². The Bertz CT molecular complexity index is 893. The summed E-state index contributed by atoms with van der Waals surface area (Å²) < 4.78 is 6.58. The molecule has 2 aromatic heterocycles. The molecule has 3 heterocycles. The number of amides is 1. The zero-order valence-corrected chi connectivity index (χ0v) is 14.7. The molecule has 0 atom stereocenters. The van der Waals surface area contributed by atoms with Crippen LogP contribution >= 0.6 is 15.9 Å². The molecular formula is C17H14BrN5O2. The van der Waals surface area contributed by atoms with Gasteiger partial charge in [-0.2, -0.15) is 9.90 Å². The number of hydrogen-bond donors (Lipinski definition) is 0. The Morgan fingerprint density at radius 2 is 1.96 bits per heavy atom. The van der Waals surface area contributed by atoms with Crippen molar-refractivity contribution in [3.8, 4) is 11.6 Å². The lowest BCUT2D eigenvalue weighted by molar-refractivity contribution is 0.0152. The molecule has 0 spiro atoms. The Morgan fingerprint density at radius 1 is 1.16 bits per heavy atom. The summed E-state index contributed by atoms with van der Waals surface area (Å²) in [5.41, 5.74) is 1.13. The number of pyridine rings is 1. The largest absolute Gasteiger partial charge is 0.470 e. The van der Waals surface area contributed by atoms with E-state index in [1.165, 1.54) is 11.0 Å². The highest BCUT2D eigenvalue weighted by Crippen LogP contribution is 2.24. The van der Waals surface area contributed by atoms with E-state index in [9.17, 15) is 4.79 Å². The van der Waals surface area contributed by atoms with Gasteiger partial charge in [0.05, 0.1) is 29.4 Å². The van der Waals surface area contributed by atoms with Gasteiger partial charge in [0.2, 0.25) is 5.88 Å². The van der Waals surface area contributed by atoms with Gasteiger partial charge in [-0.25, -0.2) is 4.98 Å². The second-order valence-corrected chi connectivity index (χ2v) is 6.45. The highest BCUT2D eigenvalue weighted by Gasteiger charge is 2.34. The predicted octanol–water partition coefficient (Wildman–Crippen LogP) is 2.33. The van der Waals surface area contributed by atoms with E-state index in [-0.39, 0.29) is 12.0 Å². The zero-order chi connectivity index (χ0) is 17.2. The molecule has 1 aromatic carbocycles.